The lowest BCUT2D eigenvalue weighted by Gasteiger charge is -2.18. The van der Waals surface area contributed by atoms with Crippen molar-refractivity contribution in [2.45, 2.75) is 164 Å². The average molecular weight is 1560 g/mol. The normalized spacial score (nSPS) is 11.8. The van der Waals surface area contributed by atoms with Gasteiger partial charge in [0.2, 0.25) is 17.7 Å². The number of carbonyl (C=O) groups excluding carboxylic acids is 9. The van der Waals surface area contributed by atoms with Crippen LogP contribution in [0.4, 0.5) is 0 Å². The van der Waals surface area contributed by atoms with Gasteiger partial charge in [-0.3, -0.25) is 57.2 Å². The van der Waals surface area contributed by atoms with E-state index in [0.29, 0.717) is 125 Å². The van der Waals surface area contributed by atoms with Crippen molar-refractivity contribution < 1.29 is 85.8 Å². The quantitative estimate of drug-likeness (QED) is 0.0153. The van der Waals surface area contributed by atoms with Crippen molar-refractivity contribution >= 4 is 53.4 Å². The van der Waals surface area contributed by atoms with Crippen LogP contribution in [0.1, 0.15) is 157 Å². The molecule has 0 radical (unpaired) electrons. The van der Waals surface area contributed by atoms with Gasteiger partial charge >= 0.3 is 17.9 Å². The summed E-state index contributed by atoms with van der Waals surface area (Å²) in [5.74, 6) is -0.143. The Morgan fingerprint density at radius 2 is 0.696 bits per heavy atom. The summed E-state index contributed by atoms with van der Waals surface area (Å²) in [5, 5.41) is 29.8. The van der Waals surface area contributed by atoms with Crippen LogP contribution in [0.15, 0.2) is 103 Å². The lowest BCUT2D eigenvalue weighted by Crippen LogP contribution is -2.48. The van der Waals surface area contributed by atoms with E-state index in [-0.39, 0.29) is 42.6 Å². The third kappa shape index (κ3) is 26.9. The van der Waals surface area contributed by atoms with Crippen molar-refractivity contribution in [1.82, 2.24) is 61.2 Å². The molecule has 30 nitrogen and oxygen atoms in total. The molecule has 0 saturated carbocycles. The SMILES string of the molecule is CCCC[C@H](NC(=O)c1cc(-c2c(OC)cccc2OC)n(CC(C)CC)n1)C(=O)NCC(=O)OC.CCCC[C@H](NC(=O)c1cc(-c2c(OC)cccc2OC)n(CC(CC)CC)n1)C(=O)NCC(=O)OC.COC(=O)CNC(=O)[C@H](CCc1ccccc1)NC(=O)c1cc(-c2c(OC)cccc2OC)n(CC(C)C)n1. The third-order valence-electron chi connectivity index (χ3n) is 18.4. The smallest absolute Gasteiger partial charge is 0.325 e. The molecule has 0 bridgehead atoms. The predicted octanol–water partition coefficient (Wildman–Crippen LogP) is 10.0. The summed E-state index contributed by atoms with van der Waals surface area (Å²) in [7, 11) is 13.2. The van der Waals surface area contributed by atoms with E-state index in [1.807, 2.05) is 103 Å². The second-order valence-electron chi connectivity index (χ2n) is 26.8. The Balaban J connectivity index is 0.000000301. The fourth-order valence-electron chi connectivity index (χ4n) is 11.8. The molecule has 7 aromatic rings. The fraction of sp³-hybridized carbons (Fsp3) is 0.488. The molecule has 30 heteroatoms. The molecule has 0 spiro atoms. The molecule has 0 aliphatic heterocycles. The van der Waals surface area contributed by atoms with Crippen LogP contribution in [-0.2, 0) is 69.0 Å². The predicted molar refractivity (Wildman–Crippen MR) is 423 cm³/mol. The molecule has 4 atom stereocenters. The van der Waals surface area contributed by atoms with Gasteiger partial charge in [0.15, 0.2) is 17.1 Å². The Morgan fingerprint density at radius 1 is 0.384 bits per heavy atom. The lowest BCUT2D eigenvalue weighted by atomic mass is 10.0. The van der Waals surface area contributed by atoms with E-state index in [4.69, 9.17) is 28.4 Å². The van der Waals surface area contributed by atoms with Crippen molar-refractivity contribution in [3.8, 4) is 68.3 Å². The van der Waals surface area contributed by atoms with E-state index in [1.165, 1.54) is 21.3 Å². The molecule has 3 heterocycles. The molecule has 1 unspecified atom stereocenters. The highest BCUT2D eigenvalue weighted by molar-refractivity contribution is 6.00. The minimum atomic E-state index is -0.901. The van der Waals surface area contributed by atoms with Gasteiger partial charge in [-0.15, -0.1) is 0 Å². The number of ether oxygens (including phenoxy) is 9. The molecule has 0 aliphatic rings. The maximum Gasteiger partial charge on any atom is 0.325 e. The number of nitrogens with one attached hydrogen (secondary N) is 6. The highest BCUT2D eigenvalue weighted by Crippen LogP contribution is 2.42. The Hall–Kier alpha value is -11.5. The molecule has 0 fully saturated rings. The van der Waals surface area contributed by atoms with Crippen LogP contribution in [0.2, 0.25) is 0 Å². The van der Waals surface area contributed by atoms with Crippen LogP contribution in [0.25, 0.3) is 33.8 Å². The number of esters is 3. The molecule has 6 N–H and O–H groups in total. The number of hydrogen-bond acceptors (Lipinski definition) is 21. The number of methoxy groups -OCH3 is 9. The number of carbonyl (C=O) groups is 9. The monoisotopic (exact) mass is 1550 g/mol. The molecule has 0 aliphatic carbocycles. The number of nitrogens with zero attached hydrogens (tertiary/aromatic N) is 6. The van der Waals surface area contributed by atoms with E-state index in [9.17, 15) is 43.2 Å². The maximum atomic E-state index is 13.4. The van der Waals surface area contributed by atoms with Gasteiger partial charge in [-0.1, -0.05) is 149 Å². The molecule has 7 rings (SSSR count). The molecule has 4 aromatic carbocycles. The van der Waals surface area contributed by atoms with Gasteiger partial charge in [0.1, 0.15) is 72.3 Å². The highest BCUT2D eigenvalue weighted by Gasteiger charge is 2.31. The van der Waals surface area contributed by atoms with Gasteiger partial charge in [-0.25, -0.2) is 0 Å². The number of hydrogen-bond donors (Lipinski definition) is 6. The topological polar surface area (TPSA) is 362 Å². The number of aromatic nitrogens is 6. The first-order valence-electron chi connectivity index (χ1n) is 37.8. The largest absolute Gasteiger partial charge is 0.496 e. The van der Waals surface area contributed by atoms with Crippen LogP contribution in [-0.4, -0.2) is 184 Å². The van der Waals surface area contributed by atoms with Gasteiger partial charge in [-0.2, -0.15) is 15.3 Å². The Kier molecular flexibility index (Phi) is 38.7. The van der Waals surface area contributed by atoms with Gasteiger partial charge in [0, 0.05) is 19.6 Å². The minimum absolute atomic E-state index is 0.143. The summed E-state index contributed by atoms with van der Waals surface area (Å²) in [6.07, 6.45) is 7.71. The number of unbranched alkanes of at least 4 members (excludes halogenated alkanes) is 2. The molecule has 112 heavy (non-hydrogen) atoms. The summed E-state index contributed by atoms with van der Waals surface area (Å²) < 4.78 is 52.7. The van der Waals surface area contributed by atoms with Gasteiger partial charge in [-0.05, 0) is 104 Å². The number of aryl methyl sites for hydroxylation is 1. The number of benzene rings is 4. The molecular formula is C82H114N12O18. The first-order chi connectivity index (χ1) is 53.9. The summed E-state index contributed by atoms with van der Waals surface area (Å²) in [6, 6.07) is 28.6. The van der Waals surface area contributed by atoms with Gasteiger partial charge in [0.25, 0.3) is 17.7 Å². The third-order valence-corrected chi connectivity index (χ3v) is 18.4. The summed E-state index contributed by atoms with van der Waals surface area (Å²) >= 11 is 0. The number of rotatable bonds is 42. The maximum absolute atomic E-state index is 13.4. The van der Waals surface area contributed by atoms with Crippen molar-refractivity contribution in [2.24, 2.45) is 17.8 Å². The summed E-state index contributed by atoms with van der Waals surface area (Å²) in [5.41, 5.74) is 5.58. The van der Waals surface area contributed by atoms with Crippen molar-refractivity contribution in [1.29, 1.82) is 0 Å². The zero-order chi connectivity index (χ0) is 82.4. The van der Waals surface area contributed by atoms with Crippen LogP contribution < -0.4 is 60.3 Å². The fourth-order valence-corrected chi connectivity index (χ4v) is 11.8. The van der Waals surface area contributed by atoms with Crippen LogP contribution >= 0.6 is 0 Å². The first-order valence-corrected chi connectivity index (χ1v) is 37.8. The second-order valence-corrected chi connectivity index (χ2v) is 26.8. The summed E-state index contributed by atoms with van der Waals surface area (Å²) in [6.45, 7) is 17.4. The van der Waals surface area contributed by atoms with E-state index in [1.54, 1.807) is 70.2 Å². The van der Waals surface area contributed by atoms with Crippen LogP contribution in [0.5, 0.6) is 34.5 Å². The lowest BCUT2D eigenvalue weighted by molar-refractivity contribution is -0.141. The molecular weight excluding hydrogens is 1440 g/mol. The van der Waals surface area contributed by atoms with Crippen molar-refractivity contribution in [3.05, 3.63) is 126 Å². The minimum Gasteiger partial charge on any atom is -0.496 e. The molecule has 3 aromatic heterocycles. The van der Waals surface area contributed by atoms with Gasteiger partial charge < -0.3 is 74.5 Å². The van der Waals surface area contributed by atoms with Crippen LogP contribution in [0.3, 0.4) is 0 Å². The van der Waals surface area contributed by atoms with Crippen molar-refractivity contribution in [2.75, 3.05) is 83.6 Å². The standard InChI is InChI=1S/C29H36N4O6.C27H40N4O6.C26H38N4O6/c1-19(2)18-33-23(27-24(37-3)12-9-13-25(27)38-4)16-22(32-33)29(36)31-21(28(35)30-17-26(34)39-5)15-14-20-10-7-6-8-11-20;1-7-10-12-19(26(33)28-16-24(32)37-6)29-27(34)20-15-21(31(30-20)17-18(8-2)9-3)25-22(35-4)13-11-14-23(25)36-5;1-7-9-11-18(25(32)27-15-23(31)36-6)28-26(33)19-14-20(30(29-19)16-17(3)8-2)24-21(34-4)12-10-13-22(24)35-5/h6-13,16,19,21H,14-15,17-18H2,1-5H3,(H,30,35)(H,31,36);11,13-15,18-19H,7-10,12,16-17H2,1-6H3,(H,28,33)(H,29,34);10,12-14,17-18H,7-9,11,15-16H2,1-6H3,(H,27,32)(H,28,33)/t21-;19-;17?,18-/m000/s1. The second kappa shape index (κ2) is 47.6. The average Bonchev–Trinajstić information content (AvgIpc) is 1.59. The molecule has 610 valence electrons. The zero-order valence-corrected chi connectivity index (χ0v) is 67.8. The zero-order valence-electron chi connectivity index (χ0n) is 67.8. The van der Waals surface area contributed by atoms with Crippen molar-refractivity contribution in [3.63, 3.8) is 0 Å². The molecule has 0 saturated heterocycles. The Morgan fingerprint density at radius 3 is 0.982 bits per heavy atom. The highest BCUT2D eigenvalue weighted by atomic mass is 16.5. The van der Waals surface area contributed by atoms with E-state index in [0.717, 1.165) is 50.5 Å². The number of amides is 6. The van der Waals surface area contributed by atoms with E-state index >= 15 is 0 Å². The van der Waals surface area contributed by atoms with Crippen LogP contribution in [0, 0.1) is 17.8 Å². The van der Waals surface area contributed by atoms with Gasteiger partial charge in [0.05, 0.1) is 97.8 Å². The van der Waals surface area contributed by atoms with E-state index < -0.39 is 71.5 Å². The molecule has 6 amide bonds. The van der Waals surface area contributed by atoms with E-state index in [2.05, 4.69) is 103 Å². The Bertz CT molecular complexity index is 4120. The first kappa shape index (κ1) is 91.2. The summed E-state index contributed by atoms with van der Waals surface area (Å²) in [4.78, 5) is 113. The Labute approximate surface area is 656 Å².